The van der Waals surface area contributed by atoms with Crippen LogP contribution in [0.15, 0.2) is 24.2 Å². The van der Waals surface area contributed by atoms with Crippen LogP contribution in [0.1, 0.15) is 162 Å². The van der Waals surface area contributed by atoms with Gasteiger partial charge in [0, 0.05) is 35.9 Å². The van der Waals surface area contributed by atoms with Crippen LogP contribution in [-0.4, -0.2) is 132 Å². The standard InChI is InChI=1S/C55H86N4O12/c1-48(27-60)18-20-55(47(68)69)21-19-50(3)31(34(55)23-48)11-12-37-51(4)33(22-32-40(59-46(67)54(32)16-8-9-17-54)30(10-13-39(56)63)35-25-57-29-58-35)41(64)44(71-45-43(66)42(65)36(62)26-70-45)49(2,28-61)38(51)24-53(52(37,50)5)14-6-7-15-53/h11,25,29-30,32-34,36-45,60-66H,6-10,12-24,26-28,56H2,1-5H3,(H,57,58)(H,59,67)(H,68,69). The van der Waals surface area contributed by atoms with E-state index < -0.39 is 98.9 Å². The van der Waals surface area contributed by atoms with Crippen molar-refractivity contribution in [1.82, 2.24) is 15.3 Å². The Bertz CT molecular complexity index is 2180. The first-order valence-corrected chi connectivity index (χ1v) is 27.4. The van der Waals surface area contributed by atoms with Crippen LogP contribution >= 0.6 is 0 Å². The van der Waals surface area contributed by atoms with E-state index in [1.165, 1.54) is 5.57 Å². The van der Waals surface area contributed by atoms with Crippen molar-refractivity contribution in [2.24, 2.45) is 78.6 Å². The Balaban J connectivity index is 1.16. The molecule has 8 fully saturated rings. The van der Waals surface area contributed by atoms with Gasteiger partial charge in [-0.05, 0) is 147 Å². The molecule has 1 aromatic heterocycles. The lowest BCUT2D eigenvalue weighted by Crippen LogP contribution is -2.76. The second kappa shape index (κ2) is 18.1. The molecule has 6 saturated carbocycles. The molecule has 398 valence electrons. The lowest BCUT2D eigenvalue weighted by atomic mass is 9.26. The van der Waals surface area contributed by atoms with E-state index in [0.29, 0.717) is 70.6 Å². The number of nitrogens with two attached hydrogens (primary N) is 1. The van der Waals surface area contributed by atoms with Crippen molar-refractivity contribution in [1.29, 1.82) is 0 Å². The molecule has 16 heteroatoms. The molecule has 1 amide bonds. The third kappa shape index (κ3) is 7.27. The largest absolute Gasteiger partial charge is 0.481 e. The fourth-order valence-electron chi connectivity index (χ4n) is 19.6. The normalized spacial score (nSPS) is 48.5. The fraction of sp³-hybridized carbons (Fsp3) is 0.873. The maximum absolute atomic E-state index is 14.9. The summed E-state index contributed by atoms with van der Waals surface area (Å²) in [5.41, 5.74) is 3.02. The Morgan fingerprint density at radius 3 is 2.20 bits per heavy atom. The quantitative estimate of drug-likeness (QED) is 0.0774. The zero-order chi connectivity index (χ0) is 50.9. The molecule has 2 aliphatic heterocycles. The Hall–Kier alpha value is -2.51. The number of ether oxygens (including phenoxy) is 2. The van der Waals surface area contributed by atoms with Gasteiger partial charge in [-0.25, -0.2) is 4.98 Å². The molecule has 7 aliphatic carbocycles. The van der Waals surface area contributed by atoms with Crippen molar-refractivity contribution in [3.8, 4) is 0 Å². The monoisotopic (exact) mass is 995 g/mol. The summed E-state index contributed by atoms with van der Waals surface area (Å²) in [6.45, 7) is 10.7. The number of H-pyrrole nitrogens is 1. The number of aliphatic hydroxyl groups is 7. The van der Waals surface area contributed by atoms with E-state index in [9.17, 15) is 50.4 Å². The number of nitrogens with one attached hydrogen (secondary N) is 2. The number of nitrogens with zero attached hydrogens (tertiary/aromatic N) is 1. The van der Waals surface area contributed by atoms with Gasteiger partial charge < -0.3 is 66.4 Å². The van der Waals surface area contributed by atoms with Gasteiger partial charge in [0.1, 0.15) is 24.5 Å². The van der Waals surface area contributed by atoms with Crippen molar-refractivity contribution in [3.63, 3.8) is 0 Å². The third-order valence-corrected chi connectivity index (χ3v) is 23.7. The van der Waals surface area contributed by atoms with E-state index in [4.69, 9.17) is 15.2 Å². The van der Waals surface area contributed by atoms with Crippen LogP contribution in [0.2, 0.25) is 0 Å². The van der Waals surface area contributed by atoms with E-state index in [2.05, 4.69) is 49.1 Å². The summed E-state index contributed by atoms with van der Waals surface area (Å²) < 4.78 is 12.8. The molecule has 10 rings (SSSR count). The minimum absolute atomic E-state index is 0.00305. The number of carboxylic acid groups (broad SMARTS) is 1. The number of carbonyl (C=O) groups is 2. The highest BCUT2D eigenvalue weighted by Gasteiger charge is 2.79. The SMILES string of the molecule is CC1(CO)CCC2(C(=O)O)CCC3(C)C(=CCC4C5(C)C(CC6C(C(CCC(N)O)c7cnc[nH]7)NC(=O)C67CCCC7)C(O)C(OC6OCC(O)C(O)C6O)C(C)(CO)C5CC5(CCCC5)C43C)C2C1. The number of aromatic nitrogens is 2. The van der Waals surface area contributed by atoms with Crippen LogP contribution in [0, 0.1) is 72.9 Å². The van der Waals surface area contributed by atoms with Crippen molar-refractivity contribution in [3.05, 3.63) is 29.9 Å². The minimum atomic E-state index is -1.63. The van der Waals surface area contributed by atoms with Crippen LogP contribution in [0.4, 0.5) is 0 Å². The van der Waals surface area contributed by atoms with Gasteiger partial charge in [-0.1, -0.05) is 72.0 Å². The second-order valence-corrected chi connectivity index (χ2v) is 26.3. The summed E-state index contributed by atoms with van der Waals surface area (Å²) in [6.07, 6.45) is 9.01. The number of amides is 1. The summed E-state index contributed by atoms with van der Waals surface area (Å²) in [5.74, 6) is -2.49. The molecular formula is C55H86N4O12. The van der Waals surface area contributed by atoms with Gasteiger partial charge in [-0.2, -0.15) is 0 Å². The molecule has 16 nitrogen and oxygen atoms in total. The number of aromatic amines is 1. The molecule has 0 bridgehead atoms. The first-order valence-electron chi connectivity index (χ1n) is 27.4. The van der Waals surface area contributed by atoms with E-state index in [0.717, 1.165) is 44.2 Å². The minimum Gasteiger partial charge on any atom is -0.481 e. The van der Waals surface area contributed by atoms with E-state index >= 15 is 0 Å². The zero-order valence-corrected chi connectivity index (χ0v) is 42.9. The van der Waals surface area contributed by atoms with Crippen LogP contribution < -0.4 is 11.1 Å². The summed E-state index contributed by atoms with van der Waals surface area (Å²) in [6, 6.07) is -0.416. The third-order valence-electron chi connectivity index (χ3n) is 23.7. The average Bonchev–Trinajstić information content (AvgIpc) is 4.19. The summed E-state index contributed by atoms with van der Waals surface area (Å²) in [7, 11) is 0. The van der Waals surface area contributed by atoms with Crippen molar-refractivity contribution >= 4 is 11.9 Å². The van der Waals surface area contributed by atoms with Gasteiger partial charge >= 0.3 is 5.97 Å². The molecule has 2 spiro atoms. The van der Waals surface area contributed by atoms with Gasteiger partial charge in [0.25, 0.3) is 0 Å². The van der Waals surface area contributed by atoms with Gasteiger partial charge in [-0.15, -0.1) is 0 Å². The number of fused-ring (bicyclic) bond motifs is 8. The molecule has 20 unspecified atom stereocenters. The highest BCUT2D eigenvalue weighted by atomic mass is 16.7. The predicted octanol–water partition coefficient (Wildman–Crippen LogP) is 4.64. The van der Waals surface area contributed by atoms with Gasteiger partial charge in [0.05, 0.1) is 42.6 Å². The maximum Gasteiger partial charge on any atom is 0.310 e. The van der Waals surface area contributed by atoms with Crippen LogP contribution in [0.3, 0.4) is 0 Å². The number of carbonyl (C=O) groups excluding carboxylic acids is 1. The fourth-order valence-corrected chi connectivity index (χ4v) is 19.6. The highest BCUT2D eigenvalue weighted by molar-refractivity contribution is 5.86. The van der Waals surface area contributed by atoms with Crippen molar-refractivity contribution in [2.75, 3.05) is 19.8 Å². The number of hydrogen-bond acceptors (Lipinski definition) is 13. The number of aliphatic hydroxyl groups excluding tert-OH is 7. The first kappa shape index (κ1) is 52.0. The van der Waals surface area contributed by atoms with E-state index in [1.54, 1.807) is 12.5 Å². The summed E-state index contributed by atoms with van der Waals surface area (Å²) in [4.78, 5) is 36.3. The van der Waals surface area contributed by atoms with Crippen molar-refractivity contribution in [2.45, 2.75) is 205 Å². The predicted molar refractivity (Wildman–Crippen MR) is 260 cm³/mol. The lowest BCUT2D eigenvalue weighted by Gasteiger charge is -2.78. The van der Waals surface area contributed by atoms with Gasteiger partial charge in [0.15, 0.2) is 6.29 Å². The molecule has 1 aromatic rings. The molecule has 20 atom stereocenters. The Morgan fingerprint density at radius 2 is 1.56 bits per heavy atom. The second-order valence-electron chi connectivity index (χ2n) is 26.3. The van der Waals surface area contributed by atoms with Crippen LogP contribution in [0.5, 0.6) is 0 Å². The number of hydrogen-bond donors (Lipinski definition) is 11. The van der Waals surface area contributed by atoms with E-state index in [-0.39, 0.29) is 67.2 Å². The molecule has 2 saturated heterocycles. The maximum atomic E-state index is 14.9. The molecule has 0 aromatic carbocycles. The number of imidazole rings is 1. The summed E-state index contributed by atoms with van der Waals surface area (Å²) in [5, 5.41) is 94.8. The molecule has 0 radical (unpaired) electrons. The first-order chi connectivity index (χ1) is 33.6. The number of allylic oxidation sites excluding steroid dienone is 2. The number of carboxylic acids is 1. The Kier molecular flexibility index (Phi) is 13.2. The van der Waals surface area contributed by atoms with Gasteiger partial charge in [0.2, 0.25) is 5.91 Å². The molecular weight excluding hydrogens is 909 g/mol. The van der Waals surface area contributed by atoms with Crippen molar-refractivity contribution < 1.29 is 59.9 Å². The number of rotatable bonds is 12. The molecule has 71 heavy (non-hydrogen) atoms. The average molecular weight is 995 g/mol. The number of aliphatic carboxylic acids is 1. The molecule has 9 aliphatic rings. The molecule has 3 heterocycles. The smallest absolute Gasteiger partial charge is 0.310 e. The molecule has 12 N–H and O–H groups in total. The summed E-state index contributed by atoms with van der Waals surface area (Å²) >= 11 is 0. The zero-order valence-electron chi connectivity index (χ0n) is 42.9. The Morgan fingerprint density at radius 1 is 0.873 bits per heavy atom. The topological polar surface area (TPSA) is 281 Å². The van der Waals surface area contributed by atoms with Crippen LogP contribution in [-0.2, 0) is 19.1 Å². The Labute approximate surface area is 419 Å². The lowest BCUT2D eigenvalue weighted by molar-refractivity contribution is -0.351. The van der Waals surface area contributed by atoms with Gasteiger partial charge in [-0.3, -0.25) is 9.59 Å². The van der Waals surface area contributed by atoms with E-state index in [1.807, 2.05) is 6.92 Å². The highest BCUT2D eigenvalue weighted by Crippen LogP contribution is 2.83. The van der Waals surface area contributed by atoms with Crippen LogP contribution in [0.25, 0.3) is 0 Å².